The molecule has 1 aromatic carbocycles. The summed E-state index contributed by atoms with van der Waals surface area (Å²) in [5.41, 5.74) is 11.5. The van der Waals surface area contributed by atoms with Crippen molar-refractivity contribution in [3.8, 4) is 23.3 Å². The minimum atomic E-state index is 0.170. The first kappa shape index (κ1) is 24.0. The van der Waals surface area contributed by atoms with E-state index in [9.17, 15) is 0 Å². The molecule has 10 nitrogen and oxygen atoms in total. The number of methoxy groups -OCH3 is 2. The number of hydrogen-bond donors (Lipinski definition) is 1. The van der Waals surface area contributed by atoms with E-state index in [1.165, 1.54) is 31.5 Å². The van der Waals surface area contributed by atoms with Crippen molar-refractivity contribution in [2.24, 2.45) is 0 Å². The molecule has 2 N–H and O–H groups in total. The Balaban J connectivity index is 1.37. The zero-order valence-electron chi connectivity index (χ0n) is 20.7. The van der Waals surface area contributed by atoms with Gasteiger partial charge < -0.3 is 19.9 Å². The standard InChI is InChI=1S/C26H31N7O3/c1-34-12-13-36-25-30-23(27)22-24(31-25)33(26(29-22)35-2)17-19-8-9-21(28-15-19)20-7-5-6-18(14-20)16-32-10-3-4-11-32/h5-9,14-15H,3-4,10-13,16-17H2,1-2H3,(H2,27,30,31). The first-order valence-corrected chi connectivity index (χ1v) is 12.1. The van der Waals surface area contributed by atoms with Gasteiger partial charge in [0.25, 0.3) is 6.01 Å². The van der Waals surface area contributed by atoms with Crippen LogP contribution in [0, 0.1) is 0 Å². The van der Waals surface area contributed by atoms with E-state index in [0.29, 0.717) is 36.9 Å². The first-order chi connectivity index (χ1) is 17.6. The highest BCUT2D eigenvalue weighted by atomic mass is 16.5. The van der Waals surface area contributed by atoms with Crippen molar-refractivity contribution in [1.82, 2.24) is 29.4 Å². The van der Waals surface area contributed by atoms with Crippen LogP contribution in [-0.2, 0) is 17.8 Å². The smallest absolute Gasteiger partial charge is 0.320 e. The lowest BCUT2D eigenvalue weighted by molar-refractivity contribution is 0.141. The average Bonchev–Trinajstić information content (AvgIpc) is 3.53. The Morgan fingerprint density at radius 3 is 2.56 bits per heavy atom. The molecular formula is C26H31N7O3. The van der Waals surface area contributed by atoms with Crippen molar-refractivity contribution < 1.29 is 14.2 Å². The summed E-state index contributed by atoms with van der Waals surface area (Å²) in [6.07, 6.45) is 4.45. The van der Waals surface area contributed by atoms with Gasteiger partial charge in [-0.1, -0.05) is 24.3 Å². The summed E-state index contributed by atoms with van der Waals surface area (Å²) in [6.45, 7) is 4.54. The number of nitrogens with two attached hydrogens (primary N) is 1. The summed E-state index contributed by atoms with van der Waals surface area (Å²) in [7, 11) is 3.17. The molecule has 1 aliphatic heterocycles. The van der Waals surface area contributed by atoms with Crippen molar-refractivity contribution in [1.29, 1.82) is 0 Å². The van der Waals surface area contributed by atoms with Gasteiger partial charge in [0.05, 0.1) is 26.0 Å². The highest BCUT2D eigenvalue weighted by Crippen LogP contribution is 2.27. The molecule has 0 aliphatic carbocycles. The van der Waals surface area contributed by atoms with Gasteiger partial charge in [0, 0.05) is 25.4 Å². The lowest BCUT2D eigenvalue weighted by Gasteiger charge is -2.15. The van der Waals surface area contributed by atoms with E-state index in [2.05, 4.69) is 50.2 Å². The fourth-order valence-electron chi connectivity index (χ4n) is 4.46. The van der Waals surface area contributed by atoms with Crippen LogP contribution < -0.4 is 15.2 Å². The quantitative estimate of drug-likeness (QED) is 0.336. The zero-order valence-corrected chi connectivity index (χ0v) is 20.7. The summed E-state index contributed by atoms with van der Waals surface area (Å²) in [6, 6.07) is 13.3. The summed E-state index contributed by atoms with van der Waals surface area (Å²) in [4.78, 5) is 20.4. The predicted octanol–water partition coefficient (Wildman–Crippen LogP) is 3.15. The van der Waals surface area contributed by atoms with Gasteiger partial charge in [-0.3, -0.25) is 14.5 Å². The second-order valence-corrected chi connectivity index (χ2v) is 8.82. The fraction of sp³-hybridized carbons (Fsp3) is 0.385. The van der Waals surface area contributed by atoms with Crippen molar-refractivity contribution in [2.75, 3.05) is 46.3 Å². The number of anilines is 1. The molecule has 0 unspecified atom stereocenters. The number of nitrogen functional groups attached to an aromatic ring is 1. The normalized spacial score (nSPS) is 13.9. The van der Waals surface area contributed by atoms with Gasteiger partial charge in [0.2, 0.25) is 0 Å². The predicted molar refractivity (Wildman–Crippen MR) is 137 cm³/mol. The number of likely N-dealkylation sites (tertiary alicyclic amines) is 1. The van der Waals surface area contributed by atoms with Crippen LogP contribution in [0.25, 0.3) is 22.4 Å². The molecule has 0 saturated carbocycles. The molecule has 10 heteroatoms. The SMILES string of the molecule is COCCOc1nc(N)c2nc(OC)n(Cc3ccc(-c4cccc(CN5CCCC5)c4)nc3)c2n1. The zero-order chi connectivity index (χ0) is 24.9. The Morgan fingerprint density at radius 2 is 1.81 bits per heavy atom. The van der Waals surface area contributed by atoms with Crippen molar-refractivity contribution >= 4 is 17.0 Å². The third kappa shape index (κ3) is 5.24. The van der Waals surface area contributed by atoms with Crippen LogP contribution in [0.1, 0.15) is 24.0 Å². The van der Waals surface area contributed by atoms with E-state index in [1.807, 2.05) is 16.8 Å². The summed E-state index contributed by atoms with van der Waals surface area (Å²) in [5.74, 6) is 0.228. The van der Waals surface area contributed by atoms with E-state index in [-0.39, 0.29) is 11.8 Å². The molecule has 0 amide bonds. The topological polar surface area (TPSA) is 113 Å². The molecule has 4 heterocycles. The van der Waals surface area contributed by atoms with Gasteiger partial charge in [0.1, 0.15) is 6.61 Å². The molecule has 188 valence electrons. The molecule has 1 fully saturated rings. The number of benzene rings is 1. The monoisotopic (exact) mass is 489 g/mol. The largest absolute Gasteiger partial charge is 0.468 e. The first-order valence-electron chi connectivity index (χ1n) is 12.1. The number of nitrogens with zero attached hydrogens (tertiary/aromatic N) is 6. The molecule has 0 atom stereocenters. The van der Waals surface area contributed by atoms with Crippen LogP contribution in [0.3, 0.4) is 0 Å². The maximum Gasteiger partial charge on any atom is 0.320 e. The molecule has 1 saturated heterocycles. The lowest BCUT2D eigenvalue weighted by Crippen LogP contribution is -2.18. The number of pyridine rings is 1. The molecule has 0 spiro atoms. The van der Waals surface area contributed by atoms with E-state index in [1.54, 1.807) is 14.2 Å². The summed E-state index contributed by atoms with van der Waals surface area (Å²) < 4.78 is 17.9. The van der Waals surface area contributed by atoms with E-state index >= 15 is 0 Å². The maximum atomic E-state index is 6.13. The van der Waals surface area contributed by atoms with Crippen LogP contribution in [0.15, 0.2) is 42.6 Å². The highest BCUT2D eigenvalue weighted by Gasteiger charge is 2.18. The molecule has 36 heavy (non-hydrogen) atoms. The van der Waals surface area contributed by atoms with Crippen LogP contribution in [0.2, 0.25) is 0 Å². The molecule has 5 rings (SSSR count). The van der Waals surface area contributed by atoms with Crippen LogP contribution in [-0.4, -0.2) is 69.9 Å². The van der Waals surface area contributed by atoms with Gasteiger partial charge in [0.15, 0.2) is 17.0 Å². The maximum absolute atomic E-state index is 6.13. The number of fused-ring (bicyclic) bond motifs is 1. The number of rotatable bonds is 10. The van der Waals surface area contributed by atoms with Gasteiger partial charge >= 0.3 is 6.01 Å². The van der Waals surface area contributed by atoms with E-state index < -0.39 is 0 Å². The fourth-order valence-corrected chi connectivity index (χ4v) is 4.46. The second-order valence-electron chi connectivity index (χ2n) is 8.82. The van der Waals surface area contributed by atoms with Gasteiger partial charge in [-0.25, -0.2) is 0 Å². The third-order valence-corrected chi connectivity index (χ3v) is 6.26. The molecule has 0 radical (unpaired) electrons. The Morgan fingerprint density at radius 1 is 0.944 bits per heavy atom. The Kier molecular flexibility index (Phi) is 7.24. The molecular weight excluding hydrogens is 458 g/mol. The second kappa shape index (κ2) is 10.9. The molecule has 1 aliphatic rings. The number of ether oxygens (including phenoxy) is 3. The van der Waals surface area contributed by atoms with Crippen molar-refractivity contribution in [3.05, 3.63) is 53.7 Å². The molecule has 0 bridgehead atoms. The Bertz CT molecular complexity index is 1320. The molecule has 4 aromatic rings. The van der Waals surface area contributed by atoms with E-state index in [0.717, 1.165) is 23.4 Å². The number of aromatic nitrogens is 5. The van der Waals surface area contributed by atoms with Crippen molar-refractivity contribution in [2.45, 2.75) is 25.9 Å². The highest BCUT2D eigenvalue weighted by molar-refractivity contribution is 5.83. The lowest BCUT2D eigenvalue weighted by atomic mass is 10.1. The minimum absolute atomic E-state index is 0.170. The van der Waals surface area contributed by atoms with Gasteiger partial charge in [-0.05, 0) is 49.2 Å². The minimum Gasteiger partial charge on any atom is -0.468 e. The van der Waals surface area contributed by atoms with Gasteiger partial charge in [-0.2, -0.15) is 15.0 Å². The Labute approximate surface area is 210 Å². The van der Waals surface area contributed by atoms with Crippen LogP contribution >= 0.6 is 0 Å². The summed E-state index contributed by atoms with van der Waals surface area (Å²) in [5, 5.41) is 0. The van der Waals surface area contributed by atoms with Crippen LogP contribution in [0.5, 0.6) is 12.0 Å². The Hall–Kier alpha value is -3.76. The third-order valence-electron chi connectivity index (χ3n) is 6.26. The molecule has 3 aromatic heterocycles. The van der Waals surface area contributed by atoms with Crippen LogP contribution in [0.4, 0.5) is 5.82 Å². The van der Waals surface area contributed by atoms with Gasteiger partial charge in [-0.15, -0.1) is 0 Å². The van der Waals surface area contributed by atoms with E-state index in [4.69, 9.17) is 24.9 Å². The van der Waals surface area contributed by atoms with Crippen molar-refractivity contribution in [3.63, 3.8) is 0 Å². The summed E-state index contributed by atoms with van der Waals surface area (Å²) >= 11 is 0. The number of imidazole rings is 1. The number of hydrogen-bond acceptors (Lipinski definition) is 9. The average molecular weight is 490 g/mol.